The number of aromatic nitrogens is 2. The van der Waals surface area contributed by atoms with E-state index in [9.17, 15) is 4.79 Å². The molecule has 0 spiro atoms. The van der Waals surface area contributed by atoms with Crippen LogP contribution in [-0.2, 0) is 13.6 Å². The lowest BCUT2D eigenvalue weighted by Gasteiger charge is -2.04. The summed E-state index contributed by atoms with van der Waals surface area (Å²) in [5.74, 6) is 0.798. The first-order chi connectivity index (χ1) is 8.67. The summed E-state index contributed by atoms with van der Waals surface area (Å²) < 4.78 is 6.61. The van der Waals surface area contributed by atoms with Gasteiger partial charge in [-0.3, -0.25) is 14.6 Å². The van der Waals surface area contributed by atoms with E-state index in [1.54, 1.807) is 14.2 Å². The lowest BCUT2D eigenvalue weighted by molar-refractivity contribution is 0.415. The van der Waals surface area contributed by atoms with E-state index in [4.69, 9.17) is 4.74 Å². The van der Waals surface area contributed by atoms with Crippen molar-refractivity contribution in [2.24, 2.45) is 7.05 Å². The first-order valence-corrected chi connectivity index (χ1v) is 5.74. The maximum absolute atomic E-state index is 11.9. The zero-order valence-corrected chi connectivity index (χ0v) is 10.8. The van der Waals surface area contributed by atoms with Gasteiger partial charge in [0, 0.05) is 19.2 Å². The molecule has 5 heteroatoms. The highest BCUT2D eigenvalue weighted by Crippen LogP contribution is 2.22. The Morgan fingerprint density at radius 2 is 2.00 bits per heavy atom. The van der Waals surface area contributed by atoms with Crippen LogP contribution < -0.4 is 15.6 Å². The van der Waals surface area contributed by atoms with Gasteiger partial charge in [-0.05, 0) is 31.3 Å². The van der Waals surface area contributed by atoms with Crippen molar-refractivity contribution in [1.82, 2.24) is 15.1 Å². The van der Waals surface area contributed by atoms with Crippen molar-refractivity contribution in [3.05, 3.63) is 40.2 Å². The van der Waals surface area contributed by atoms with Crippen LogP contribution in [0.1, 0.15) is 5.56 Å². The Hall–Kier alpha value is -2.01. The predicted octanol–water partition coefficient (Wildman–Crippen LogP) is 1.11. The predicted molar refractivity (Wildman–Crippen MR) is 70.8 cm³/mol. The highest BCUT2D eigenvalue weighted by atomic mass is 16.5. The second-order valence-corrected chi connectivity index (χ2v) is 4.09. The molecule has 0 aliphatic heterocycles. The molecule has 0 bridgehead atoms. The minimum Gasteiger partial charge on any atom is -0.497 e. The van der Waals surface area contributed by atoms with Gasteiger partial charge in [0.2, 0.25) is 0 Å². The molecule has 1 aromatic heterocycles. The minimum absolute atomic E-state index is 0.00447. The Balaban J connectivity index is 2.48. The Bertz CT molecular complexity index is 581. The van der Waals surface area contributed by atoms with Crippen molar-refractivity contribution in [1.29, 1.82) is 0 Å². The summed E-state index contributed by atoms with van der Waals surface area (Å²) in [6.07, 6.45) is 0. The molecule has 2 rings (SSSR count). The van der Waals surface area contributed by atoms with E-state index in [1.807, 2.05) is 31.3 Å². The number of aryl methyl sites for hydroxylation is 1. The number of H-pyrrole nitrogens is 1. The SMILES string of the molecule is CNCc1c(-c2ccc(OC)cc2)[nH]n(C)c1=O. The number of ether oxygens (including phenoxy) is 1. The van der Waals surface area contributed by atoms with Crippen molar-refractivity contribution >= 4 is 0 Å². The smallest absolute Gasteiger partial charge is 0.271 e. The van der Waals surface area contributed by atoms with Crippen molar-refractivity contribution < 1.29 is 4.74 Å². The maximum Gasteiger partial charge on any atom is 0.271 e. The van der Waals surface area contributed by atoms with Crippen LogP contribution in [0.2, 0.25) is 0 Å². The van der Waals surface area contributed by atoms with E-state index in [0.29, 0.717) is 6.54 Å². The van der Waals surface area contributed by atoms with Crippen LogP contribution in [0.25, 0.3) is 11.3 Å². The number of benzene rings is 1. The summed E-state index contributed by atoms with van der Waals surface area (Å²) in [7, 11) is 5.17. The van der Waals surface area contributed by atoms with E-state index in [1.165, 1.54) is 4.68 Å². The molecule has 2 N–H and O–H groups in total. The summed E-state index contributed by atoms with van der Waals surface area (Å²) in [6.45, 7) is 0.539. The van der Waals surface area contributed by atoms with Gasteiger partial charge < -0.3 is 10.1 Å². The highest BCUT2D eigenvalue weighted by molar-refractivity contribution is 5.63. The van der Waals surface area contributed by atoms with Crippen LogP contribution in [0.4, 0.5) is 0 Å². The molecule has 0 amide bonds. The Labute approximate surface area is 105 Å². The second kappa shape index (κ2) is 5.10. The van der Waals surface area contributed by atoms with Crippen molar-refractivity contribution in [3.8, 4) is 17.0 Å². The number of hydrogen-bond acceptors (Lipinski definition) is 3. The van der Waals surface area contributed by atoms with E-state index in [2.05, 4.69) is 10.4 Å². The lowest BCUT2D eigenvalue weighted by Crippen LogP contribution is -2.19. The van der Waals surface area contributed by atoms with Crippen LogP contribution in [-0.4, -0.2) is 23.9 Å². The van der Waals surface area contributed by atoms with Gasteiger partial charge in [-0.25, -0.2) is 0 Å². The van der Waals surface area contributed by atoms with Crippen LogP contribution in [0, 0.1) is 0 Å². The lowest BCUT2D eigenvalue weighted by atomic mass is 10.1. The monoisotopic (exact) mass is 247 g/mol. The molecule has 96 valence electrons. The maximum atomic E-state index is 11.9. The summed E-state index contributed by atoms with van der Waals surface area (Å²) in [4.78, 5) is 11.9. The molecule has 0 fully saturated rings. The molecule has 0 aliphatic carbocycles. The van der Waals surface area contributed by atoms with Crippen LogP contribution in [0.15, 0.2) is 29.1 Å². The summed E-state index contributed by atoms with van der Waals surface area (Å²) in [5.41, 5.74) is 2.55. The molecule has 2 aromatic rings. The van der Waals surface area contributed by atoms with Gasteiger partial charge in [-0.1, -0.05) is 0 Å². The Morgan fingerprint density at radius 3 is 2.56 bits per heavy atom. The number of nitrogens with zero attached hydrogens (tertiary/aromatic N) is 1. The van der Waals surface area contributed by atoms with Crippen LogP contribution >= 0.6 is 0 Å². The van der Waals surface area contributed by atoms with E-state index < -0.39 is 0 Å². The van der Waals surface area contributed by atoms with Gasteiger partial charge in [0.15, 0.2) is 0 Å². The molecule has 18 heavy (non-hydrogen) atoms. The molecule has 0 aliphatic rings. The number of hydrogen-bond donors (Lipinski definition) is 2. The quantitative estimate of drug-likeness (QED) is 0.851. The molecular weight excluding hydrogens is 230 g/mol. The third kappa shape index (κ3) is 2.17. The van der Waals surface area contributed by atoms with Gasteiger partial charge >= 0.3 is 0 Å². The normalized spacial score (nSPS) is 10.6. The van der Waals surface area contributed by atoms with Gasteiger partial charge in [-0.2, -0.15) is 0 Å². The van der Waals surface area contributed by atoms with Crippen molar-refractivity contribution in [3.63, 3.8) is 0 Å². The first-order valence-electron chi connectivity index (χ1n) is 5.74. The summed E-state index contributed by atoms with van der Waals surface area (Å²) in [6, 6.07) is 7.63. The third-order valence-electron chi connectivity index (χ3n) is 2.88. The molecule has 0 radical (unpaired) electrons. The number of nitrogens with one attached hydrogen (secondary N) is 2. The number of rotatable bonds is 4. The molecule has 0 atom stereocenters. The van der Waals surface area contributed by atoms with Crippen LogP contribution in [0.5, 0.6) is 5.75 Å². The van der Waals surface area contributed by atoms with E-state index in [-0.39, 0.29) is 5.56 Å². The van der Waals surface area contributed by atoms with Gasteiger partial charge in [-0.15, -0.1) is 0 Å². The van der Waals surface area contributed by atoms with Crippen molar-refractivity contribution in [2.75, 3.05) is 14.2 Å². The topological polar surface area (TPSA) is 59.0 Å². The van der Waals surface area contributed by atoms with Crippen LogP contribution in [0.3, 0.4) is 0 Å². The molecule has 0 saturated carbocycles. The zero-order valence-electron chi connectivity index (χ0n) is 10.8. The number of methoxy groups -OCH3 is 1. The van der Waals surface area contributed by atoms with E-state index >= 15 is 0 Å². The Morgan fingerprint density at radius 1 is 1.33 bits per heavy atom. The fraction of sp³-hybridized carbons (Fsp3) is 0.308. The average molecular weight is 247 g/mol. The van der Waals surface area contributed by atoms with Gasteiger partial charge in [0.25, 0.3) is 5.56 Å². The minimum atomic E-state index is -0.00447. The van der Waals surface area contributed by atoms with Crippen molar-refractivity contribution in [2.45, 2.75) is 6.54 Å². The molecule has 0 saturated heterocycles. The molecule has 5 nitrogen and oxygen atoms in total. The number of aromatic amines is 1. The highest BCUT2D eigenvalue weighted by Gasteiger charge is 2.13. The first kappa shape index (κ1) is 12.4. The Kier molecular flexibility index (Phi) is 3.53. The van der Waals surface area contributed by atoms with Gasteiger partial charge in [0.05, 0.1) is 18.4 Å². The molecule has 1 heterocycles. The fourth-order valence-electron chi connectivity index (χ4n) is 1.93. The average Bonchev–Trinajstić information content (AvgIpc) is 2.68. The molecule has 1 aromatic carbocycles. The molecule has 0 unspecified atom stereocenters. The van der Waals surface area contributed by atoms with Gasteiger partial charge in [0.1, 0.15) is 5.75 Å². The molecular formula is C13H17N3O2. The third-order valence-corrected chi connectivity index (χ3v) is 2.88. The fourth-order valence-corrected chi connectivity index (χ4v) is 1.93. The largest absolute Gasteiger partial charge is 0.497 e. The second-order valence-electron chi connectivity index (χ2n) is 4.09. The van der Waals surface area contributed by atoms with E-state index in [0.717, 1.165) is 22.6 Å². The summed E-state index contributed by atoms with van der Waals surface area (Å²) in [5, 5.41) is 6.09. The summed E-state index contributed by atoms with van der Waals surface area (Å²) >= 11 is 0. The standard InChI is InChI=1S/C13H17N3O2/c1-14-8-11-12(15-16(2)13(11)17)9-4-6-10(18-3)7-5-9/h4-7,14-15H,8H2,1-3H3. The zero-order chi connectivity index (χ0) is 13.1.